The number of benzene rings is 2. The predicted molar refractivity (Wildman–Crippen MR) is 115 cm³/mol. The number of rotatable bonds is 4. The van der Waals surface area contributed by atoms with Crippen LogP contribution < -0.4 is 5.73 Å². The summed E-state index contributed by atoms with van der Waals surface area (Å²) < 4.78 is 0. The molecule has 132 valence electrons. The molecule has 2 unspecified atom stereocenters. The minimum atomic E-state index is -1.31. The molecule has 2 aromatic carbocycles. The van der Waals surface area contributed by atoms with Gasteiger partial charge in [-0.3, -0.25) is 0 Å². The van der Waals surface area contributed by atoms with Gasteiger partial charge in [-0.2, -0.15) is 9.21 Å². The van der Waals surface area contributed by atoms with E-state index in [4.69, 9.17) is 5.73 Å². The molecule has 2 saturated carbocycles. The summed E-state index contributed by atoms with van der Waals surface area (Å²) in [6.45, 7) is 0. The Morgan fingerprint density at radius 1 is 0.846 bits per heavy atom. The number of hydrogen-bond acceptors (Lipinski definition) is 1. The zero-order valence-electron chi connectivity index (χ0n) is 14.9. The van der Waals surface area contributed by atoms with Crippen LogP contribution in [-0.2, 0) is 0 Å². The predicted octanol–water partition coefficient (Wildman–Crippen LogP) is 5.24. The molecule has 3 aliphatic rings. The van der Waals surface area contributed by atoms with E-state index in [0.29, 0.717) is 5.92 Å². The fourth-order valence-corrected chi connectivity index (χ4v) is 7.82. The molecule has 1 heterocycles. The van der Waals surface area contributed by atoms with Crippen molar-refractivity contribution in [2.45, 2.75) is 19.3 Å². The third kappa shape index (κ3) is 2.93. The van der Waals surface area contributed by atoms with Crippen LogP contribution in [-0.4, -0.2) is 10.7 Å². The smallest absolute Gasteiger partial charge is 0.0412 e. The molecule has 0 radical (unpaired) electrons. The molecule has 5 rings (SSSR count). The third-order valence-corrected chi connectivity index (χ3v) is 9.01. The van der Waals surface area contributed by atoms with Gasteiger partial charge in [0.05, 0.1) is 0 Å². The summed E-state index contributed by atoms with van der Waals surface area (Å²) in [7, 11) is -1.31. The monoisotopic (exact) mass is 359 g/mol. The molecular weight excluding hydrogens is 334 g/mol. The first kappa shape index (κ1) is 16.0. The molecule has 2 aromatic rings. The molecule has 0 aromatic heterocycles. The molecule has 1 nitrogen and oxygen atoms in total. The number of hydrogen-bond donors (Lipinski definition) is 1. The van der Waals surface area contributed by atoms with Crippen molar-refractivity contribution in [3.8, 4) is 0 Å². The Morgan fingerprint density at radius 3 is 1.96 bits per heavy atom. The second kappa shape index (κ2) is 6.21. The zero-order valence-corrected chi connectivity index (χ0v) is 15.7. The van der Waals surface area contributed by atoms with E-state index in [2.05, 4.69) is 82.9 Å². The van der Waals surface area contributed by atoms with Gasteiger partial charge in [-0.25, -0.2) is 0 Å². The van der Waals surface area contributed by atoms with Crippen molar-refractivity contribution >= 4 is 19.9 Å². The zero-order chi connectivity index (χ0) is 17.6. The average Bonchev–Trinajstić information content (AvgIpc) is 3.56. The van der Waals surface area contributed by atoms with E-state index in [9.17, 15) is 0 Å². The van der Waals surface area contributed by atoms with E-state index >= 15 is 0 Å². The molecule has 2 N–H and O–H groups in total. The van der Waals surface area contributed by atoms with Crippen LogP contribution in [0.3, 0.4) is 0 Å². The van der Waals surface area contributed by atoms with Crippen LogP contribution >= 0.6 is 9.21 Å². The summed E-state index contributed by atoms with van der Waals surface area (Å²) in [5, 5.41) is 7.35. The van der Waals surface area contributed by atoms with Crippen LogP contribution in [0.5, 0.6) is 0 Å². The largest absolute Gasteiger partial charge is 0.398 e. The molecule has 1 aliphatic heterocycles. The summed E-state index contributed by atoms with van der Waals surface area (Å²) in [5.41, 5.74) is 10.2. The fourth-order valence-electron chi connectivity index (χ4n) is 4.34. The minimum absolute atomic E-state index is 0.687. The summed E-state index contributed by atoms with van der Waals surface area (Å²) in [4.78, 5) is 1.52. The summed E-state index contributed by atoms with van der Waals surface area (Å²) in [5.74, 6) is 2.53. The highest BCUT2D eigenvalue weighted by molar-refractivity contribution is 8.35. The quantitative estimate of drug-likeness (QED) is 0.743. The molecule has 0 saturated heterocycles. The van der Waals surface area contributed by atoms with Gasteiger partial charge in [0.25, 0.3) is 0 Å². The standard InChI is InChI=1S/C24H25NS/c25-23-13-14-26(16-18-7-3-1-4-8-18,17-19-9-5-2-6-10-19)24(23)22-15-21(22)20-11-12-20/h1-10,13-14,16-17,20-22H,11-12,15,25H2. The minimum Gasteiger partial charge on any atom is -0.398 e. The van der Waals surface area contributed by atoms with Gasteiger partial charge in [0.2, 0.25) is 0 Å². The summed E-state index contributed by atoms with van der Waals surface area (Å²) in [6, 6.07) is 21.5. The van der Waals surface area contributed by atoms with Crippen molar-refractivity contribution in [2.24, 2.45) is 23.5 Å². The Morgan fingerprint density at radius 2 is 1.42 bits per heavy atom. The molecule has 2 atom stereocenters. The molecule has 0 spiro atoms. The summed E-state index contributed by atoms with van der Waals surface area (Å²) >= 11 is 0. The Balaban J connectivity index is 1.69. The number of nitrogens with two attached hydrogens (primary N) is 1. The van der Waals surface area contributed by atoms with E-state index in [1.54, 1.807) is 0 Å². The van der Waals surface area contributed by atoms with Crippen LogP contribution in [0, 0.1) is 17.8 Å². The first-order chi connectivity index (χ1) is 12.8. The molecule has 2 aliphatic carbocycles. The van der Waals surface area contributed by atoms with E-state index in [0.717, 1.165) is 17.5 Å². The van der Waals surface area contributed by atoms with Gasteiger partial charge in [-0.1, -0.05) is 60.7 Å². The molecular formula is C24H25NS. The number of allylic oxidation sites excluding steroid dienone is 2. The van der Waals surface area contributed by atoms with E-state index in [1.165, 1.54) is 35.3 Å². The second-order valence-corrected chi connectivity index (χ2v) is 10.5. The van der Waals surface area contributed by atoms with Gasteiger partial charge in [0, 0.05) is 10.6 Å². The highest BCUT2D eigenvalue weighted by Crippen LogP contribution is 2.63. The fraction of sp³-hybridized carbons (Fsp3) is 0.250. The van der Waals surface area contributed by atoms with Crippen molar-refractivity contribution in [3.05, 3.63) is 93.9 Å². The topological polar surface area (TPSA) is 26.0 Å². The lowest BCUT2D eigenvalue weighted by Crippen LogP contribution is -2.02. The maximum atomic E-state index is 6.56. The second-order valence-electron chi connectivity index (χ2n) is 7.78. The van der Waals surface area contributed by atoms with Gasteiger partial charge in [-0.05, 0) is 70.4 Å². The van der Waals surface area contributed by atoms with E-state index in [-0.39, 0.29) is 0 Å². The SMILES string of the molecule is NC1=C(C2CC2C2CC2)S(=Cc2ccccc2)(=Cc2ccccc2)C=C1. The van der Waals surface area contributed by atoms with E-state index in [1.807, 2.05) is 0 Å². The van der Waals surface area contributed by atoms with Crippen LogP contribution in [0.2, 0.25) is 0 Å². The van der Waals surface area contributed by atoms with Crippen LogP contribution in [0.4, 0.5) is 0 Å². The lowest BCUT2D eigenvalue weighted by molar-refractivity contribution is 0.677. The average molecular weight is 360 g/mol. The van der Waals surface area contributed by atoms with Crippen LogP contribution in [0.1, 0.15) is 30.4 Å². The lowest BCUT2D eigenvalue weighted by Gasteiger charge is -2.18. The van der Waals surface area contributed by atoms with Gasteiger partial charge >= 0.3 is 0 Å². The Kier molecular flexibility index (Phi) is 3.82. The van der Waals surface area contributed by atoms with Crippen molar-refractivity contribution in [1.82, 2.24) is 0 Å². The van der Waals surface area contributed by atoms with Crippen molar-refractivity contribution in [3.63, 3.8) is 0 Å². The van der Waals surface area contributed by atoms with Gasteiger partial charge in [0.15, 0.2) is 0 Å². The highest BCUT2D eigenvalue weighted by Gasteiger charge is 2.50. The maximum Gasteiger partial charge on any atom is 0.0412 e. The lowest BCUT2D eigenvalue weighted by atomic mass is 10.2. The Hall–Kier alpha value is -2.19. The van der Waals surface area contributed by atoms with Crippen molar-refractivity contribution in [2.75, 3.05) is 0 Å². The molecule has 0 bridgehead atoms. The van der Waals surface area contributed by atoms with Crippen molar-refractivity contribution in [1.29, 1.82) is 0 Å². The van der Waals surface area contributed by atoms with Gasteiger partial charge in [-0.15, -0.1) is 0 Å². The van der Waals surface area contributed by atoms with Crippen LogP contribution in [0.15, 0.2) is 82.7 Å². The van der Waals surface area contributed by atoms with E-state index < -0.39 is 9.21 Å². The Labute approximate surface area is 156 Å². The van der Waals surface area contributed by atoms with Crippen molar-refractivity contribution < 1.29 is 0 Å². The van der Waals surface area contributed by atoms with Gasteiger partial charge in [0.1, 0.15) is 0 Å². The normalized spacial score (nSPS) is 26.0. The van der Waals surface area contributed by atoms with Crippen LogP contribution in [0.25, 0.3) is 0 Å². The Bertz CT molecular complexity index is 949. The first-order valence-corrected chi connectivity index (χ1v) is 11.4. The molecule has 26 heavy (non-hydrogen) atoms. The molecule has 0 amide bonds. The highest BCUT2D eigenvalue weighted by atomic mass is 32.2. The summed E-state index contributed by atoms with van der Waals surface area (Å²) in [6.07, 6.45) is 6.36. The third-order valence-electron chi connectivity index (χ3n) is 5.80. The van der Waals surface area contributed by atoms with Gasteiger partial charge < -0.3 is 5.73 Å². The molecule has 2 fully saturated rings. The molecule has 2 heteroatoms. The first-order valence-electron chi connectivity index (χ1n) is 9.56. The maximum absolute atomic E-state index is 6.56.